The van der Waals surface area contributed by atoms with Gasteiger partial charge in [0.25, 0.3) is 11.8 Å². The Balaban J connectivity index is 1.54. The fourth-order valence-corrected chi connectivity index (χ4v) is 3.27. The van der Waals surface area contributed by atoms with Gasteiger partial charge in [0.1, 0.15) is 11.8 Å². The van der Waals surface area contributed by atoms with Crippen LogP contribution in [0.4, 0.5) is 0 Å². The Labute approximate surface area is 181 Å². The van der Waals surface area contributed by atoms with Crippen LogP contribution in [-0.4, -0.2) is 37.5 Å². The molecule has 0 saturated heterocycles. The summed E-state index contributed by atoms with van der Waals surface area (Å²) in [5.74, 6) is -0.591. The maximum atomic E-state index is 12.5. The molecule has 166 valence electrons. The van der Waals surface area contributed by atoms with Gasteiger partial charge in [0.2, 0.25) is 0 Å². The van der Waals surface area contributed by atoms with Crippen molar-refractivity contribution in [2.75, 3.05) is 13.7 Å². The lowest BCUT2D eigenvalue weighted by Crippen LogP contribution is -2.46. The van der Waals surface area contributed by atoms with Crippen molar-refractivity contribution >= 4 is 17.8 Å². The van der Waals surface area contributed by atoms with Gasteiger partial charge < -0.3 is 24.5 Å². The maximum absolute atomic E-state index is 12.5. The van der Waals surface area contributed by atoms with Crippen molar-refractivity contribution in [3.05, 3.63) is 54.0 Å². The Bertz CT molecular complexity index is 887. The topological polar surface area (TPSA) is 107 Å². The molecule has 1 fully saturated rings. The summed E-state index contributed by atoms with van der Waals surface area (Å²) in [6.45, 7) is 3.14. The number of ether oxygens (including phenoxy) is 2. The molecular weight excluding hydrogens is 400 g/mol. The van der Waals surface area contributed by atoms with E-state index in [-0.39, 0.29) is 23.6 Å². The summed E-state index contributed by atoms with van der Waals surface area (Å²) in [5.41, 5.74) is 0.980. The smallest absolute Gasteiger partial charge is 0.329 e. The number of carbonyl (C=O) groups is 3. The number of benzene rings is 1. The number of rotatable bonds is 10. The molecule has 0 aliphatic heterocycles. The molecule has 8 heteroatoms. The lowest BCUT2D eigenvalue weighted by Gasteiger charge is -2.22. The number of hydrogen-bond acceptors (Lipinski definition) is 6. The van der Waals surface area contributed by atoms with Crippen molar-refractivity contribution in [1.82, 2.24) is 10.6 Å². The Morgan fingerprint density at radius 2 is 1.81 bits per heavy atom. The van der Waals surface area contributed by atoms with Crippen molar-refractivity contribution in [3.63, 3.8) is 0 Å². The number of hydrogen-bond donors (Lipinski definition) is 2. The minimum atomic E-state index is -0.897. The highest BCUT2D eigenvalue weighted by molar-refractivity contribution is 5.94. The van der Waals surface area contributed by atoms with Crippen molar-refractivity contribution in [1.29, 1.82) is 0 Å². The van der Waals surface area contributed by atoms with Gasteiger partial charge in [0.15, 0.2) is 12.4 Å². The van der Waals surface area contributed by atoms with Gasteiger partial charge in [0.05, 0.1) is 19.4 Å². The Hall–Kier alpha value is -3.29. The molecule has 2 N–H and O–H groups in total. The van der Waals surface area contributed by atoms with E-state index >= 15 is 0 Å². The van der Waals surface area contributed by atoms with E-state index in [1.807, 2.05) is 24.3 Å². The van der Waals surface area contributed by atoms with Crippen LogP contribution in [-0.2, 0) is 14.3 Å². The Morgan fingerprint density at radius 1 is 1.10 bits per heavy atom. The lowest BCUT2D eigenvalue weighted by atomic mass is 10.0. The molecule has 31 heavy (non-hydrogen) atoms. The number of esters is 1. The molecule has 1 aliphatic rings. The summed E-state index contributed by atoms with van der Waals surface area (Å²) in [5, 5.41) is 5.56. The predicted molar refractivity (Wildman–Crippen MR) is 112 cm³/mol. The molecule has 2 atom stereocenters. The van der Waals surface area contributed by atoms with Gasteiger partial charge >= 0.3 is 5.97 Å². The Kier molecular flexibility index (Phi) is 7.33. The van der Waals surface area contributed by atoms with Gasteiger partial charge in [-0.1, -0.05) is 26.0 Å². The van der Waals surface area contributed by atoms with E-state index in [9.17, 15) is 14.4 Å². The van der Waals surface area contributed by atoms with E-state index in [4.69, 9.17) is 13.9 Å². The largest absolute Gasteiger partial charge is 0.497 e. The van der Waals surface area contributed by atoms with Gasteiger partial charge in [-0.3, -0.25) is 9.59 Å². The molecular formula is C23H28N2O6. The summed E-state index contributed by atoms with van der Waals surface area (Å²) in [7, 11) is 1.60. The van der Waals surface area contributed by atoms with Gasteiger partial charge in [0, 0.05) is 0 Å². The average Bonchev–Trinajstić information content (AvgIpc) is 3.46. The Morgan fingerprint density at radius 3 is 2.35 bits per heavy atom. The molecule has 8 nitrogen and oxygen atoms in total. The van der Waals surface area contributed by atoms with Crippen LogP contribution in [0, 0.1) is 11.8 Å². The summed E-state index contributed by atoms with van der Waals surface area (Å²) in [6.07, 6.45) is 3.44. The summed E-state index contributed by atoms with van der Waals surface area (Å²) in [4.78, 5) is 37.2. The summed E-state index contributed by atoms with van der Waals surface area (Å²) >= 11 is 0. The number of furan rings is 1. The predicted octanol–water partition coefficient (Wildman–Crippen LogP) is 2.85. The fraction of sp³-hybridized carbons (Fsp3) is 0.435. The van der Waals surface area contributed by atoms with Crippen LogP contribution in [0.15, 0.2) is 47.1 Å². The first-order valence-electron chi connectivity index (χ1n) is 10.3. The second-order valence-corrected chi connectivity index (χ2v) is 7.94. The molecule has 1 aromatic heterocycles. The highest BCUT2D eigenvalue weighted by Crippen LogP contribution is 2.41. The van der Waals surface area contributed by atoms with E-state index in [0.717, 1.165) is 24.2 Å². The molecule has 2 amide bonds. The number of carbonyl (C=O) groups excluding carboxylic acids is 3. The minimum Gasteiger partial charge on any atom is -0.497 e. The van der Waals surface area contributed by atoms with Gasteiger partial charge in [-0.05, 0) is 54.5 Å². The third-order valence-corrected chi connectivity index (χ3v) is 5.18. The maximum Gasteiger partial charge on any atom is 0.329 e. The SMILES string of the molecule is COc1ccc(C(NC(=O)COC(=O)[C@@H](NC(=O)c2ccco2)C(C)C)C2CC2)cc1. The zero-order valence-corrected chi connectivity index (χ0v) is 17.9. The zero-order chi connectivity index (χ0) is 22.4. The highest BCUT2D eigenvalue weighted by atomic mass is 16.5. The van der Waals surface area contributed by atoms with E-state index in [2.05, 4.69) is 10.6 Å². The van der Waals surface area contributed by atoms with E-state index in [1.54, 1.807) is 27.0 Å². The van der Waals surface area contributed by atoms with Crippen LogP contribution in [0.5, 0.6) is 5.75 Å². The average molecular weight is 428 g/mol. The standard InChI is InChI=1S/C23H28N2O6/c1-14(2)20(25-22(27)18-5-4-12-30-18)23(28)31-13-19(26)24-21(15-6-7-15)16-8-10-17(29-3)11-9-16/h4-5,8-12,14-15,20-21H,6-7,13H2,1-3H3,(H,24,26)(H,25,27)/t20-,21?/m0/s1. The van der Waals surface area contributed by atoms with Crippen molar-refractivity contribution < 1.29 is 28.3 Å². The highest BCUT2D eigenvalue weighted by Gasteiger charge is 2.34. The normalized spacial score (nSPS) is 15.1. The monoisotopic (exact) mass is 428 g/mol. The molecule has 3 rings (SSSR count). The fourth-order valence-electron chi connectivity index (χ4n) is 3.27. The molecule has 0 bridgehead atoms. The second-order valence-electron chi connectivity index (χ2n) is 7.94. The van der Waals surface area contributed by atoms with Crippen molar-refractivity contribution in [2.45, 2.75) is 38.8 Å². The van der Waals surface area contributed by atoms with Crippen LogP contribution in [0.1, 0.15) is 48.8 Å². The first-order chi connectivity index (χ1) is 14.9. The van der Waals surface area contributed by atoms with Crippen LogP contribution in [0.2, 0.25) is 0 Å². The molecule has 1 unspecified atom stereocenters. The second kappa shape index (κ2) is 10.1. The lowest BCUT2D eigenvalue weighted by molar-refractivity contribution is -0.151. The quantitative estimate of drug-likeness (QED) is 0.564. The van der Waals surface area contributed by atoms with E-state index < -0.39 is 24.5 Å². The molecule has 1 aromatic carbocycles. The van der Waals surface area contributed by atoms with Gasteiger partial charge in [-0.15, -0.1) is 0 Å². The van der Waals surface area contributed by atoms with Crippen molar-refractivity contribution in [2.24, 2.45) is 11.8 Å². The molecule has 1 heterocycles. The molecule has 1 aliphatic carbocycles. The third kappa shape index (κ3) is 6.10. The molecule has 1 saturated carbocycles. The first-order valence-corrected chi connectivity index (χ1v) is 10.3. The number of amides is 2. The van der Waals surface area contributed by atoms with E-state index in [0.29, 0.717) is 5.92 Å². The number of methoxy groups -OCH3 is 1. The molecule has 0 radical (unpaired) electrons. The minimum absolute atomic E-state index is 0.1000. The van der Waals surface area contributed by atoms with E-state index in [1.165, 1.54) is 12.3 Å². The summed E-state index contributed by atoms with van der Waals surface area (Å²) < 4.78 is 15.4. The third-order valence-electron chi connectivity index (χ3n) is 5.18. The zero-order valence-electron chi connectivity index (χ0n) is 17.9. The number of nitrogens with one attached hydrogen (secondary N) is 2. The van der Waals surface area contributed by atoms with Gasteiger partial charge in [-0.25, -0.2) is 4.79 Å². The summed E-state index contributed by atoms with van der Waals surface area (Å²) in [6, 6.07) is 9.60. The first kappa shape index (κ1) is 22.4. The van der Waals surface area contributed by atoms with Crippen LogP contribution in [0.25, 0.3) is 0 Å². The molecule has 0 spiro atoms. The van der Waals surface area contributed by atoms with Crippen LogP contribution < -0.4 is 15.4 Å². The van der Waals surface area contributed by atoms with Gasteiger partial charge in [-0.2, -0.15) is 0 Å². The van der Waals surface area contributed by atoms with Crippen LogP contribution in [0.3, 0.4) is 0 Å². The van der Waals surface area contributed by atoms with Crippen molar-refractivity contribution in [3.8, 4) is 5.75 Å². The molecule has 2 aromatic rings. The van der Waals surface area contributed by atoms with Crippen LogP contribution >= 0.6 is 0 Å².